The lowest BCUT2D eigenvalue weighted by atomic mass is 9.94. The Hall–Kier alpha value is -3.48. The second-order valence-electron chi connectivity index (χ2n) is 8.15. The van der Waals surface area contributed by atoms with Crippen LogP contribution < -0.4 is 10.1 Å². The van der Waals surface area contributed by atoms with E-state index in [0.29, 0.717) is 30.1 Å². The molecule has 166 valence electrons. The predicted molar refractivity (Wildman–Crippen MR) is 124 cm³/mol. The molecule has 1 atom stereocenters. The summed E-state index contributed by atoms with van der Waals surface area (Å²) in [5.41, 5.74) is 2.21. The van der Waals surface area contributed by atoms with Crippen LogP contribution in [0.4, 0.5) is 5.69 Å². The number of hydrogen-bond donors (Lipinski definition) is 1. The van der Waals surface area contributed by atoms with Crippen LogP contribution in [0.3, 0.4) is 0 Å². The van der Waals surface area contributed by atoms with Gasteiger partial charge in [0, 0.05) is 54.8 Å². The molecule has 2 heterocycles. The molecule has 1 aliphatic heterocycles. The Morgan fingerprint density at radius 2 is 2.00 bits per heavy atom. The van der Waals surface area contributed by atoms with Gasteiger partial charge in [-0.2, -0.15) is 0 Å². The van der Waals surface area contributed by atoms with E-state index in [1.54, 1.807) is 38.3 Å². The maximum absolute atomic E-state index is 13.0. The van der Waals surface area contributed by atoms with E-state index in [2.05, 4.69) is 10.3 Å². The number of carbonyl (C=O) groups excluding carboxylic acids is 2. The van der Waals surface area contributed by atoms with Gasteiger partial charge in [0.05, 0.1) is 12.6 Å². The Balaban J connectivity index is 1.41. The molecule has 4 rings (SSSR count). The zero-order chi connectivity index (χ0) is 22.5. The minimum Gasteiger partial charge on any atom is -0.497 e. The Morgan fingerprint density at radius 3 is 2.75 bits per heavy atom. The number of ether oxygens (including phenoxy) is 1. The molecule has 2 aromatic carbocycles. The largest absolute Gasteiger partial charge is 0.497 e. The number of anilines is 1. The van der Waals surface area contributed by atoms with Crippen molar-refractivity contribution in [3.63, 3.8) is 0 Å². The lowest BCUT2D eigenvalue weighted by molar-refractivity contribution is -0.115. The van der Waals surface area contributed by atoms with Crippen LogP contribution in [0.5, 0.6) is 5.75 Å². The highest BCUT2D eigenvalue weighted by Crippen LogP contribution is 2.24. The highest BCUT2D eigenvalue weighted by molar-refractivity contribution is 5.95. The summed E-state index contributed by atoms with van der Waals surface area (Å²) >= 11 is 0. The summed E-state index contributed by atoms with van der Waals surface area (Å²) in [4.78, 5) is 35.7. The highest BCUT2D eigenvalue weighted by atomic mass is 16.5. The summed E-state index contributed by atoms with van der Waals surface area (Å²) in [6, 6.07) is 12.9. The fraction of sp³-hybridized carbons (Fsp3) is 0.360. The first-order valence-electron chi connectivity index (χ1n) is 11.0. The number of rotatable bonds is 6. The van der Waals surface area contributed by atoms with Gasteiger partial charge in [0.1, 0.15) is 11.6 Å². The number of benzene rings is 2. The van der Waals surface area contributed by atoms with Crippen LogP contribution in [0.15, 0.2) is 48.7 Å². The molecule has 1 saturated heterocycles. The molecule has 1 aromatic heterocycles. The van der Waals surface area contributed by atoms with Crippen LogP contribution in [0, 0.1) is 5.92 Å². The van der Waals surface area contributed by atoms with Crippen molar-refractivity contribution in [1.29, 1.82) is 0 Å². The summed E-state index contributed by atoms with van der Waals surface area (Å²) in [5.74, 6) is 1.86. The third-order valence-corrected chi connectivity index (χ3v) is 5.85. The number of hydrogen-bond acceptors (Lipinski definition) is 5. The van der Waals surface area contributed by atoms with Crippen LogP contribution in [-0.2, 0) is 11.2 Å². The minimum absolute atomic E-state index is 0.0206. The van der Waals surface area contributed by atoms with Crippen molar-refractivity contribution in [3.8, 4) is 5.75 Å². The summed E-state index contributed by atoms with van der Waals surface area (Å²) in [7, 11) is 1.64. The van der Waals surface area contributed by atoms with Gasteiger partial charge in [0.25, 0.3) is 5.91 Å². The Bertz CT molecular complexity index is 1110. The van der Waals surface area contributed by atoms with Crippen LogP contribution in [0.2, 0.25) is 0 Å². The topological polar surface area (TPSA) is 84.4 Å². The van der Waals surface area contributed by atoms with Gasteiger partial charge in [-0.1, -0.05) is 6.92 Å². The maximum atomic E-state index is 13.0. The fourth-order valence-corrected chi connectivity index (χ4v) is 4.07. The molecule has 3 aromatic rings. The van der Waals surface area contributed by atoms with Gasteiger partial charge in [-0.15, -0.1) is 0 Å². The number of nitrogens with zero attached hydrogens (tertiary/aromatic N) is 3. The van der Waals surface area contributed by atoms with Gasteiger partial charge >= 0.3 is 0 Å². The first-order valence-corrected chi connectivity index (χ1v) is 11.0. The van der Waals surface area contributed by atoms with E-state index in [0.717, 1.165) is 48.3 Å². The van der Waals surface area contributed by atoms with Gasteiger partial charge in [-0.3, -0.25) is 9.59 Å². The van der Waals surface area contributed by atoms with E-state index in [1.807, 2.05) is 29.3 Å². The number of piperidine rings is 1. The van der Waals surface area contributed by atoms with Crippen molar-refractivity contribution in [1.82, 2.24) is 14.9 Å². The van der Waals surface area contributed by atoms with Crippen LogP contribution in [-0.4, -0.2) is 46.9 Å². The molecular weight excluding hydrogens is 404 g/mol. The average molecular weight is 433 g/mol. The highest BCUT2D eigenvalue weighted by Gasteiger charge is 2.25. The number of fused-ring (bicyclic) bond motifs is 1. The molecular formula is C25H28N4O3. The van der Waals surface area contributed by atoms with Crippen molar-refractivity contribution >= 4 is 28.4 Å². The normalized spacial score (nSPS) is 16.1. The van der Waals surface area contributed by atoms with Crippen LogP contribution in [0.25, 0.3) is 10.9 Å². The van der Waals surface area contributed by atoms with Crippen molar-refractivity contribution in [2.75, 3.05) is 25.5 Å². The Kier molecular flexibility index (Phi) is 6.63. The van der Waals surface area contributed by atoms with Crippen LogP contribution in [0.1, 0.15) is 42.4 Å². The maximum Gasteiger partial charge on any atom is 0.253 e. The molecule has 0 saturated carbocycles. The number of likely N-dealkylation sites (tertiary alicyclic amines) is 1. The molecule has 1 fully saturated rings. The molecule has 0 bridgehead atoms. The molecule has 0 aliphatic carbocycles. The number of methoxy groups -OCH3 is 1. The molecule has 7 nitrogen and oxygen atoms in total. The smallest absolute Gasteiger partial charge is 0.253 e. The van der Waals surface area contributed by atoms with E-state index in [4.69, 9.17) is 9.72 Å². The first kappa shape index (κ1) is 21.7. The number of amides is 2. The van der Waals surface area contributed by atoms with Crippen LogP contribution >= 0.6 is 0 Å². The molecule has 2 amide bonds. The Morgan fingerprint density at radius 1 is 1.19 bits per heavy atom. The molecule has 0 radical (unpaired) electrons. The van der Waals surface area contributed by atoms with E-state index in [-0.39, 0.29) is 11.8 Å². The summed E-state index contributed by atoms with van der Waals surface area (Å²) in [6.07, 6.45) is 5.01. The van der Waals surface area contributed by atoms with Gasteiger partial charge in [-0.05, 0) is 55.2 Å². The molecule has 0 spiro atoms. The van der Waals surface area contributed by atoms with Gasteiger partial charge in [-0.25, -0.2) is 9.97 Å². The molecule has 7 heteroatoms. The van der Waals surface area contributed by atoms with E-state index in [1.165, 1.54) is 0 Å². The molecule has 1 N–H and O–H groups in total. The van der Waals surface area contributed by atoms with Gasteiger partial charge < -0.3 is 15.0 Å². The van der Waals surface area contributed by atoms with E-state index in [9.17, 15) is 9.59 Å². The Labute approximate surface area is 187 Å². The number of aromatic nitrogens is 2. The van der Waals surface area contributed by atoms with Crippen molar-refractivity contribution in [3.05, 3.63) is 60.0 Å². The SMILES string of the molecule is CCC(=O)Nc1ccc(C(=O)N2CCC[C@@H](Cc3ncc4ccc(OC)cc4n3)C2)cc1. The summed E-state index contributed by atoms with van der Waals surface area (Å²) < 4.78 is 5.30. The zero-order valence-electron chi connectivity index (χ0n) is 18.5. The van der Waals surface area contributed by atoms with E-state index < -0.39 is 0 Å². The first-order chi connectivity index (χ1) is 15.6. The van der Waals surface area contributed by atoms with Crippen molar-refractivity contribution in [2.45, 2.75) is 32.6 Å². The molecule has 0 unspecified atom stereocenters. The third kappa shape index (κ3) is 5.04. The lowest BCUT2D eigenvalue weighted by Crippen LogP contribution is -2.40. The second-order valence-corrected chi connectivity index (χ2v) is 8.15. The number of nitrogens with one attached hydrogen (secondary N) is 1. The second kappa shape index (κ2) is 9.77. The summed E-state index contributed by atoms with van der Waals surface area (Å²) in [5, 5.41) is 3.79. The lowest BCUT2D eigenvalue weighted by Gasteiger charge is -2.32. The fourth-order valence-electron chi connectivity index (χ4n) is 4.07. The zero-order valence-corrected chi connectivity index (χ0v) is 18.5. The average Bonchev–Trinajstić information content (AvgIpc) is 2.83. The van der Waals surface area contributed by atoms with Gasteiger partial charge in [0.15, 0.2) is 0 Å². The monoisotopic (exact) mass is 432 g/mol. The van der Waals surface area contributed by atoms with Crippen molar-refractivity contribution in [2.24, 2.45) is 5.92 Å². The predicted octanol–water partition coefficient (Wildman–Crippen LogP) is 4.08. The van der Waals surface area contributed by atoms with Gasteiger partial charge in [0.2, 0.25) is 5.91 Å². The molecule has 32 heavy (non-hydrogen) atoms. The quantitative estimate of drug-likeness (QED) is 0.634. The molecule has 1 aliphatic rings. The number of carbonyl (C=O) groups is 2. The van der Waals surface area contributed by atoms with Crippen molar-refractivity contribution < 1.29 is 14.3 Å². The summed E-state index contributed by atoms with van der Waals surface area (Å²) in [6.45, 7) is 3.24. The van der Waals surface area contributed by atoms with E-state index >= 15 is 0 Å². The minimum atomic E-state index is -0.0442. The standard InChI is InChI=1S/C25H28N4O3/c1-3-24(30)27-20-9-6-18(7-10-20)25(31)29-12-4-5-17(16-29)13-23-26-15-19-8-11-21(32-2)14-22(19)28-23/h6-11,14-15,17H,3-5,12-13,16H2,1-2H3,(H,27,30)/t17-/m0/s1. The third-order valence-electron chi connectivity index (χ3n) is 5.85.